The third kappa shape index (κ3) is 3.85. The number of hydrogen-bond acceptors (Lipinski definition) is 6. The van der Waals surface area contributed by atoms with Crippen molar-refractivity contribution in [3.8, 4) is 0 Å². The Balaban J connectivity index is 1.62. The molecule has 0 aromatic heterocycles. The van der Waals surface area contributed by atoms with Crippen molar-refractivity contribution in [1.82, 2.24) is 0 Å². The van der Waals surface area contributed by atoms with Gasteiger partial charge in [-0.1, -0.05) is 20.8 Å². The van der Waals surface area contributed by atoms with Gasteiger partial charge in [-0.3, -0.25) is 4.79 Å². The first-order chi connectivity index (χ1) is 15.1. The van der Waals surface area contributed by atoms with Crippen LogP contribution in [-0.2, 0) is 4.79 Å². The molecule has 4 aliphatic carbocycles. The van der Waals surface area contributed by atoms with Crippen LogP contribution < -0.4 is 0 Å². The quantitative estimate of drug-likeness (QED) is 0.427. The van der Waals surface area contributed by atoms with E-state index in [-0.39, 0.29) is 35.9 Å². The number of fused-ring (bicyclic) bond motifs is 5. The van der Waals surface area contributed by atoms with E-state index in [9.17, 15) is 30.3 Å². The Labute approximate surface area is 198 Å². The summed E-state index contributed by atoms with van der Waals surface area (Å²) in [5.41, 5.74) is -2.01. The molecule has 0 radical (unpaired) electrons. The van der Waals surface area contributed by atoms with Gasteiger partial charge in [-0.05, 0) is 100 Å². The van der Waals surface area contributed by atoms with Crippen LogP contribution in [-0.4, -0.2) is 60.8 Å². The predicted molar refractivity (Wildman–Crippen MR) is 125 cm³/mol. The van der Waals surface area contributed by atoms with E-state index in [1.165, 1.54) is 0 Å². The molecule has 3 saturated carbocycles. The second-order valence-corrected chi connectivity index (χ2v) is 12.9. The van der Waals surface area contributed by atoms with Crippen molar-refractivity contribution in [3.63, 3.8) is 0 Å². The third-order valence-electron chi connectivity index (χ3n) is 10.5. The summed E-state index contributed by atoms with van der Waals surface area (Å²) in [5, 5.41) is 53.9. The number of carbonyl (C=O) groups excluding carboxylic acids is 1. The Morgan fingerprint density at radius 1 is 1.12 bits per heavy atom. The highest BCUT2D eigenvalue weighted by Gasteiger charge is 2.67. The topological polar surface area (TPSA) is 118 Å². The summed E-state index contributed by atoms with van der Waals surface area (Å²) < 4.78 is 0. The van der Waals surface area contributed by atoms with Gasteiger partial charge in [-0.15, -0.1) is 0 Å². The molecular weight excluding hydrogens is 420 g/mol. The number of carbonyl (C=O) groups is 1. The smallest absolute Gasteiger partial charge is 0.159 e. The Hall–Kier alpha value is -0.790. The molecule has 4 aliphatic rings. The van der Waals surface area contributed by atoms with Gasteiger partial charge in [0.2, 0.25) is 0 Å². The molecule has 33 heavy (non-hydrogen) atoms. The van der Waals surface area contributed by atoms with Crippen molar-refractivity contribution in [2.24, 2.45) is 34.5 Å². The number of ketones is 1. The van der Waals surface area contributed by atoms with Crippen molar-refractivity contribution >= 4 is 5.78 Å². The minimum absolute atomic E-state index is 0.00888. The molecule has 188 valence electrons. The molecule has 0 spiro atoms. The fraction of sp³-hybridized carbons (Fsp3) is 0.889. The third-order valence-corrected chi connectivity index (χ3v) is 10.5. The first-order valence-electron chi connectivity index (χ1n) is 12.9. The molecule has 6 nitrogen and oxygen atoms in total. The minimum Gasteiger partial charge on any atom is -0.393 e. The van der Waals surface area contributed by atoms with Gasteiger partial charge in [0, 0.05) is 11.3 Å². The van der Waals surface area contributed by atoms with E-state index in [2.05, 4.69) is 20.8 Å². The lowest BCUT2D eigenvalue weighted by Gasteiger charge is -2.60. The first kappa shape index (κ1) is 25.3. The molecule has 10 atom stereocenters. The standard InChI is InChI=1S/C27H44O6/c1-15(20(28)8-9-24(2,3)32)16-7-11-27(33)18-12-21(29)19-13-22(30)23(31)14-25(19,4)17(18)6-10-26(16,27)5/h12,15-17,19-20,22-23,28,30-33H,6-11,13-14H2,1-5H3/t15?,16-,17+,19+,20-,22-,23+,25-,26-,27-/m1/s1. The maximum Gasteiger partial charge on any atom is 0.159 e. The minimum atomic E-state index is -1.10. The summed E-state index contributed by atoms with van der Waals surface area (Å²) >= 11 is 0. The number of rotatable bonds is 5. The summed E-state index contributed by atoms with van der Waals surface area (Å²) in [6.07, 6.45) is 4.06. The zero-order chi connectivity index (χ0) is 24.6. The maximum atomic E-state index is 13.2. The molecule has 0 amide bonds. The Kier molecular flexibility index (Phi) is 6.23. The molecule has 0 heterocycles. The molecule has 3 fully saturated rings. The van der Waals surface area contributed by atoms with Crippen LogP contribution in [0.3, 0.4) is 0 Å². The summed E-state index contributed by atoms with van der Waals surface area (Å²) in [7, 11) is 0. The molecule has 0 bridgehead atoms. The monoisotopic (exact) mass is 464 g/mol. The Morgan fingerprint density at radius 3 is 2.42 bits per heavy atom. The number of aliphatic hydroxyl groups is 5. The molecular formula is C27H44O6. The second kappa shape index (κ2) is 8.12. The molecule has 4 rings (SSSR count). The van der Waals surface area contributed by atoms with Gasteiger partial charge in [0.15, 0.2) is 5.78 Å². The van der Waals surface area contributed by atoms with Crippen LogP contribution in [0.4, 0.5) is 0 Å². The lowest BCUT2D eigenvalue weighted by Crippen LogP contribution is -2.61. The van der Waals surface area contributed by atoms with Crippen LogP contribution in [0, 0.1) is 34.5 Å². The number of aliphatic hydroxyl groups excluding tert-OH is 3. The van der Waals surface area contributed by atoms with E-state index < -0.39 is 40.3 Å². The summed E-state index contributed by atoms with van der Waals surface area (Å²) in [6.45, 7) is 9.74. The van der Waals surface area contributed by atoms with E-state index >= 15 is 0 Å². The van der Waals surface area contributed by atoms with E-state index in [1.807, 2.05) is 0 Å². The lowest BCUT2D eigenvalue weighted by atomic mass is 9.46. The van der Waals surface area contributed by atoms with Crippen molar-refractivity contribution in [3.05, 3.63) is 11.6 Å². The van der Waals surface area contributed by atoms with Crippen LogP contribution >= 0.6 is 0 Å². The van der Waals surface area contributed by atoms with E-state index in [0.29, 0.717) is 25.7 Å². The Bertz CT molecular complexity index is 816. The first-order valence-corrected chi connectivity index (χ1v) is 12.9. The fourth-order valence-electron chi connectivity index (χ4n) is 8.29. The van der Waals surface area contributed by atoms with Crippen LogP contribution in [0.15, 0.2) is 11.6 Å². The number of allylic oxidation sites excluding steroid dienone is 1. The van der Waals surface area contributed by atoms with Crippen molar-refractivity contribution in [2.75, 3.05) is 0 Å². The molecule has 5 N–H and O–H groups in total. The lowest BCUT2D eigenvalue weighted by molar-refractivity contribution is -0.154. The zero-order valence-corrected chi connectivity index (χ0v) is 20.9. The van der Waals surface area contributed by atoms with Crippen LogP contribution in [0.1, 0.15) is 86.0 Å². The molecule has 0 aromatic carbocycles. The highest BCUT2D eigenvalue weighted by atomic mass is 16.3. The van der Waals surface area contributed by atoms with E-state index in [0.717, 1.165) is 24.8 Å². The summed E-state index contributed by atoms with van der Waals surface area (Å²) in [5.74, 6) is -0.264. The maximum absolute atomic E-state index is 13.2. The second-order valence-electron chi connectivity index (χ2n) is 12.9. The van der Waals surface area contributed by atoms with Gasteiger partial charge in [0.25, 0.3) is 0 Å². The highest BCUT2D eigenvalue weighted by molar-refractivity contribution is 5.95. The van der Waals surface area contributed by atoms with Gasteiger partial charge in [0.1, 0.15) is 0 Å². The average molecular weight is 465 g/mol. The molecule has 0 saturated heterocycles. The van der Waals surface area contributed by atoms with Gasteiger partial charge in [-0.25, -0.2) is 0 Å². The average Bonchev–Trinajstić information content (AvgIpc) is 2.99. The predicted octanol–water partition coefficient (Wildman–Crippen LogP) is 2.74. The summed E-state index contributed by atoms with van der Waals surface area (Å²) in [6, 6.07) is 0. The molecule has 0 aromatic rings. The van der Waals surface area contributed by atoms with Crippen molar-refractivity contribution < 1.29 is 30.3 Å². The largest absolute Gasteiger partial charge is 0.393 e. The number of hydrogen-bond donors (Lipinski definition) is 5. The molecule has 0 aliphatic heterocycles. The fourth-order valence-corrected chi connectivity index (χ4v) is 8.29. The van der Waals surface area contributed by atoms with Gasteiger partial charge < -0.3 is 25.5 Å². The van der Waals surface area contributed by atoms with Crippen molar-refractivity contribution in [2.45, 2.75) is 115 Å². The normalized spacial score (nSPS) is 47.3. The van der Waals surface area contributed by atoms with Gasteiger partial charge in [-0.2, -0.15) is 0 Å². The SMILES string of the molecule is CC([C@H](O)CCC(C)(C)O)[C@H]1CC[C@@]2(O)C3=CC(=O)[C@@H]4C[C@@H](O)[C@@H](O)C[C@]4(C)[C@H]3CC[C@]12C. The molecule has 1 unspecified atom stereocenters. The zero-order valence-electron chi connectivity index (χ0n) is 20.9. The van der Waals surface area contributed by atoms with Gasteiger partial charge in [0.05, 0.1) is 29.5 Å². The molecule has 6 heteroatoms. The van der Waals surface area contributed by atoms with Crippen LogP contribution in [0.2, 0.25) is 0 Å². The van der Waals surface area contributed by atoms with Crippen LogP contribution in [0.25, 0.3) is 0 Å². The van der Waals surface area contributed by atoms with E-state index in [1.54, 1.807) is 19.9 Å². The van der Waals surface area contributed by atoms with Crippen LogP contribution in [0.5, 0.6) is 0 Å². The van der Waals surface area contributed by atoms with E-state index in [4.69, 9.17) is 0 Å². The van der Waals surface area contributed by atoms with Crippen molar-refractivity contribution in [1.29, 1.82) is 0 Å². The highest BCUT2D eigenvalue weighted by Crippen LogP contribution is 2.68. The Morgan fingerprint density at radius 2 is 1.79 bits per heavy atom. The summed E-state index contributed by atoms with van der Waals surface area (Å²) in [4.78, 5) is 13.2. The van der Waals surface area contributed by atoms with Gasteiger partial charge >= 0.3 is 0 Å².